The highest BCUT2D eigenvalue weighted by atomic mass is 16.5. The van der Waals surface area contributed by atoms with Crippen molar-refractivity contribution in [3.63, 3.8) is 0 Å². The molecule has 0 radical (unpaired) electrons. The summed E-state index contributed by atoms with van der Waals surface area (Å²) in [5.74, 6) is -0.382. The zero-order chi connectivity index (χ0) is 15.0. The fourth-order valence-corrected chi connectivity index (χ4v) is 1.69. The molecule has 0 aromatic heterocycles. The molecule has 1 aromatic carbocycles. The zero-order valence-electron chi connectivity index (χ0n) is 12.4. The van der Waals surface area contributed by atoms with Crippen LogP contribution in [-0.2, 0) is 11.3 Å². The number of benzene rings is 1. The molecule has 0 amide bonds. The maximum absolute atomic E-state index is 10.7. The number of aliphatic carboxylic acids is 1. The summed E-state index contributed by atoms with van der Waals surface area (Å²) in [6.45, 7) is 4.38. The Balaban J connectivity index is 2.30. The third kappa shape index (κ3) is 6.54. The molecule has 0 aliphatic rings. The second-order valence-electron chi connectivity index (χ2n) is 5.08. The van der Waals surface area contributed by atoms with Gasteiger partial charge in [0.25, 0.3) is 0 Å². The highest BCUT2D eigenvalue weighted by Crippen LogP contribution is 2.13. The molecule has 0 aliphatic carbocycles. The van der Waals surface area contributed by atoms with Crippen LogP contribution in [0.25, 0.3) is 0 Å². The summed E-state index contributed by atoms with van der Waals surface area (Å²) in [7, 11) is 4.13. The van der Waals surface area contributed by atoms with Crippen LogP contribution in [0.4, 0.5) is 0 Å². The summed E-state index contributed by atoms with van der Waals surface area (Å²) in [6.07, 6.45) is 0.287. The van der Waals surface area contributed by atoms with Gasteiger partial charge >= 0.3 is 5.97 Å². The van der Waals surface area contributed by atoms with Gasteiger partial charge in [-0.3, -0.25) is 0 Å². The number of carbonyl (C=O) groups is 1. The van der Waals surface area contributed by atoms with Gasteiger partial charge in [0.15, 0.2) is 6.10 Å². The van der Waals surface area contributed by atoms with Gasteiger partial charge in [-0.05, 0) is 58.2 Å². The van der Waals surface area contributed by atoms with Crippen molar-refractivity contribution < 1.29 is 14.6 Å². The predicted octanol–water partition coefficient (Wildman–Crippen LogP) is 1.58. The van der Waals surface area contributed by atoms with E-state index in [-0.39, 0.29) is 0 Å². The van der Waals surface area contributed by atoms with Gasteiger partial charge in [-0.15, -0.1) is 0 Å². The second-order valence-corrected chi connectivity index (χ2v) is 5.08. The summed E-state index contributed by atoms with van der Waals surface area (Å²) in [4.78, 5) is 12.8. The smallest absolute Gasteiger partial charge is 0.344 e. The number of nitrogens with zero attached hydrogens (tertiary/aromatic N) is 1. The first-order valence-corrected chi connectivity index (χ1v) is 6.83. The van der Waals surface area contributed by atoms with Crippen LogP contribution in [0, 0.1) is 0 Å². The molecule has 5 nitrogen and oxygen atoms in total. The monoisotopic (exact) mass is 280 g/mol. The number of hydrogen-bond acceptors (Lipinski definition) is 4. The van der Waals surface area contributed by atoms with Gasteiger partial charge in [0.2, 0.25) is 0 Å². The highest BCUT2D eigenvalue weighted by Gasteiger charge is 2.11. The quantitative estimate of drug-likeness (QED) is 0.673. The Hall–Kier alpha value is -1.59. The lowest BCUT2D eigenvalue weighted by Gasteiger charge is -2.11. The van der Waals surface area contributed by atoms with Gasteiger partial charge in [0.1, 0.15) is 5.75 Å². The molecule has 112 valence electrons. The van der Waals surface area contributed by atoms with Crippen molar-refractivity contribution in [1.29, 1.82) is 0 Å². The van der Waals surface area contributed by atoms with Crippen LogP contribution in [0.5, 0.6) is 5.75 Å². The van der Waals surface area contributed by atoms with E-state index in [1.165, 1.54) is 6.92 Å². The molecule has 1 atom stereocenters. The van der Waals surface area contributed by atoms with Crippen molar-refractivity contribution in [3.8, 4) is 5.75 Å². The summed E-state index contributed by atoms with van der Waals surface area (Å²) >= 11 is 0. The van der Waals surface area contributed by atoms with Crippen LogP contribution in [0.3, 0.4) is 0 Å². The Kier molecular flexibility index (Phi) is 7.04. The van der Waals surface area contributed by atoms with Crippen molar-refractivity contribution in [3.05, 3.63) is 29.8 Å². The van der Waals surface area contributed by atoms with Gasteiger partial charge in [0, 0.05) is 6.54 Å². The summed E-state index contributed by atoms with van der Waals surface area (Å²) in [5, 5.41) is 12.1. The molecule has 5 heteroatoms. The predicted molar refractivity (Wildman–Crippen MR) is 79.0 cm³/mol. The van der Waals surface area contributed by atoms with E-state index in [0.29, 0.717) is 5.75 Å². The molecule has 1 unspecified atom stereocenters. The number of nitrogens with one attached hydrogen (secondary N) is 1. The van der Waals surface area contributed by atoms with E-state index in [1.807, 2.05) is 12.1 Å². The summed E-state index contributed by atoms with van der Waals surface area (Å²) in [6, 6.07) is 7.50. The highest BCUT2D eigenvalue weighted by molar-refractivity contribution is 5.72. The van der Waals surface area contributed by atoms with Crippen molar-refractivity contribution in [2.45, 2.75) is 26.0 Å². The number of ether oxygens (including phenoxy) is 1. The minimum Gasteiger partial charge on any atom is -0.479 e. The van der Waals surface area contributed by atoms with Crippen molar-refractivity contribution in [2.24, 2.45) is 0 Å². The third-order valence-electron chi connectivity index (χ3n) is 2.87. The van der Waals surface area contributed by atoms with E-state index in [2.05, 4.69) is 24.3 Å². The van der Waals surface area contributed by atoms with Crippen LogP contribution in [0.1, 0.15) is 18.9 Å². The van der Waals surface area contributed by atoms with E-state index in [9.17, 15) is 4.79 Å². The first kappa shape index (κ1) is 16.5. The molecule has 0 saturated heterocycles. The molecular formula is C15H24N2O3. The minimum absolute atomic E-state index is 0.580. The molecule has 1 rings (SSSR count). The van der Waals surface area contributed by atoms with Crippen LogP contribution in [0.2, 0.25) is 0 Å². The number of rotatable bonds is 9. The molecule has 0 aliphatic heterocycles. The van der Waals surface area contributed by atoms with Gasteiger partial charge in [-0.25, -0.2) is 4.79 Å². The first-order chi connectivity index (χ1) is 9.49. The van der Waals surface area contributed by atoms with Crippen molar-refractivity contribution in [1.82, 2.24) is 10.2 Å². The lowest BCUT2D eigenvalue weighted by Crippen LogP contribution is -2.23. The molecule has 1 aromatic rings. The molecule has 0 heterocycles. The second kappa shape index (κ2) is 8.55. The Bertz CT molecular complexity index is 404. The standard InChI is InChI=1S/C15H24N2O3/c1-12(15(18)19)20-14-7-5-13(6-8-14)11-16-9-4-10-17(2)3/h5-8,12,16H,4,9-11H2,1-3H3,(H,18,19). The van der Waals surface area contributed by atoms with Crippen LogP contribution in [-0.4, -0.2) is 49.3 Å². The largest absolute Gasteiger partial charge is 0.479 e. The van der Waals surface area contributed by atoms with Gasteiger partial charge < -0.3 is 20.1 Å². The molecule has 20 heavy (non-hydrogen) atoms. The Labute approximate surface area is 120 Å². The van der Waals surface area contributed by atoms with Crippen LogP contribution < -0.4 is 10.1 Å². The molecule has 0 bridgehead atoms. The maximum Gasteiger partial charge on any atom is 0.344 e. The fraction of sp³-hybridized carbons (Fsp3) is 0.533. The molecule has 0 fully saturated rings. The lowest BCUT2D eigenvalue weighted by molar-refractivity contribution is -0.144. The topological polar surface area (TPSA) is 61.8 Å². The Morgan fingerprint density at radius 1 is 1.35 bits per heavy atom. The first-order valence-electron chi connectivity index (χ1n) is 6.83. The van der Waals surface area contributed by atoms with Crippen molar-refractivity contribution in [2.75, 3.05) is 27.2 Å². The lowest BCUT2D eigenvalue weighted by atomic mass is 10.2. The van der Waals surface area contributed by atoms with E-state index in [0.717, 1.165) is 31.6 Å². The Morgan fingerprint density at radius 2 is 2.00 bits per heavy atom. The minimum atomic E-state index is -0.961. The maximum atomic E-state index is 10.7. The normalized spacial score (nSPS) is 12.4. The summed E-state index contributed by atoms with van der Waals surface area (Å²) in [5.41, 5.74) is 1.16. The average molecular weight is 280 g/mol. The molecule has 2 N–H and O–H groups in total. The van der Waals surface area contributed by atoms with E-state index >= 15 is 0 Å². The van der Waals surface area contributed by atoms with E-state index in [4.69, 9.17) is 9.84 Å². The fourth-order valence-electron chi connectivity index (χ4n) is 1.69. The number of hydrogen-bond donors (Lipinski definition) is 2. The van der Waals surface area contributed by atoms with Gasteiger partial charge in [-0.2, -0.15) is 0 Å². The van der Waals surface area contributed by atoms with Crippen LogP contribution in [0.15, 0.2) is 24.3 Å². The van der Waals surface area contributed by atoms with Crippen LogP contribution >= 0.6 is 0 Å². The number of carboxylic acid groups (broad SMARTS) is 1. The van der Waals surface area contributed by atoms with Gasteiger partial charge in [0.05, 0.1) is 0 Å². The zero-order valence-corrected chi connectivity index (χ0v) is 12.4. The molecule has 0 spiro atoms. The van der Waals surface area contributed by atoms with E-state index in [1.54, 1.807) is 12.1 Å². The molecule has 0 saturated carbocycles. The third-order valence-corrected chi connectivity index (χ3v) is 2.87. The Morgan fingerprint density at radius 3 is 2.55 bits per heavy atom. The SMILES string of the molecule is CC(Oc1ccc(CNCCCN(C)C)cc1)C(=O)O. The summed E-state index contributed by atoms with van der Waals surface area (Å²) < 4.78 is 5.27. The number of carboxylic acids is 1. The van der Waals surface area contributed by atoms with Gasteiger partial charge in [-0.1, -0.05) is 12.1 Å². The average Bonchev–Trinajstić information content (AvgIpc) is 2.39. The molecular weight excluding hydrogens is 256 g/mol. The van der Waals surface area contributed by atoms with E-state index < -0.39 is 12.1 Å². The van der Waals surface area contributed by atoms with Crippen molar-refractivity contribution >= 4 is 5.97 Å².